The molecule has 2 N–H and O–H groups in total. The van der Waals surface area contributed by atoms with Crippen LogP contribution in [-0.4, -0.2) is 43.5 Å². The molecule has 4 nitrogen and oxygen atoms in total. The van der Waals surface area contributed by atoms with Crippen molar-refractivity contribution >= 4 is 0 Å². The molecule has 0 fully saturated rings. The number of nitrogens with zero attached hydrogens (tertiary/aromatic N) is 2. The van der Waals surface area contributed by atoms with Gasteiger partial charge in [0.05, 0.1) is 6.54 Å². The first-order valence-electron chi connectivity index (χ1n) is 6.72. The van der Waals surface area contributed by atoms with E-state index in [2.05, 4.69) is 36.9 Å². The van der Waals surface area contributed by atoms with Gasteiger partial charge in [-0.25, -0.2) is 0 Å². The fourth-order valence-electron chi connectivity index (χ4n) is 2.05. The summed E-state index contributed by atoms with van der Waals surface area (Å²) in [5.41, 5.74) is 6.78. The van der Waals surface area contributed by atoms with Crippen molar-refractivity contribution in [1.82, 2.24) is 9.80 Å². The summed E-state index contributed by atoms with van der Waals surface area (Å²) < 4.78 is 5.73. The quantitative estimate of drug-likeness (QED) is 0.767. The zero-order valence-electron chi connectivity index (χ0n) is 12.2. The van der Waals surface area contributed by atoms with Crippen molar-refractivity contribution in [3.8, 4) is 0 Å². The Morgan fingerprint density at radius 2 is 2.00 bits per heavy atom. The van der Waals surface area contributed by atoms with Gasteiger partial charge in [-0.1, -0.05) is 6.92 Å². The molecule has 0 saturated carbocycles. The van der Waals surface area contributed by atoms with Gasteiger partial charge in [0.25, 0.3) is 0 Å². The third kappa shape index (κ3) is 4.80. The largest absolute Gasteiger partial charge is 0.465 e. The second kappa shape index (κ2) is 7.56. The first kappa shape index (κ1) is 15.2. The van der Waals surface area contributed by atoms with Crippen LogP contribution in [0.5, 0.6) is 0 Å². The van der Waals surface area contributed by atoms with Crippen molar-refractivity contribution in [2.24, 2.45) is 5.73 Å². The zero-order chi connectivity index (χ0) is 13.5. The van der Waals surface area contributed by atoms with Gasteiger partial charge in [-0.05, 0) is 53.1 Å². The molecule has 4 heteroatoms. The summed E-state index contributed by atoms with van der Waals surface area (Å²) in [5.74, 6) is 1.98. The van der Waals surface area contributed by atoms with Crippen LogP contribution in [0.2, 0.25) is 0 Å². The Bertz CT molecular complexity index is 347. The molecule has 18 heavy (non-hydrogen) atoms. The smallest absolute Gasteiger partial charge is 0.118 e. The highest BCUT2D eigenvalue weighted by Gasteiger charge is 2.10. The van der Waals surface area contributed by atoms with Gasteiger partial charge in [0, 0.05) is 12.1 Å². The predicted molar refractivity (Wildman–Crippen MR) is 75.5 cm³/mol. The van der Waals surface area contributed by atoms with Crippen molar-refractivity contribution in [1.29, 1.82) is 0 Å². The Morgan fingerprint density at radius 3 is 2.50 bits per heavy atom. The maximum Gasteiger partial charge on any atom is 0.118 e. The fourth-order valence-corrected chi connectivity index (χ4v) is 2.05. The van der Waals surface area contributed by atoms with Crippen LogP contribution in [0.1, 0.15) is 30.4 Å². The van der Waals surface area contributed by atoms with Crippen LogP contribution in [0.4, 0.5) is 0 Å². The van der Waals surface area contributed by atoms with E-state index in [0.717, 1.165) is 43.3 Å². The molecule has 104 valence electrons. The van der Waals surface area contributed by atoms with E-state index in [1.165, 1.54) is 6.42 Å². The van der Waals surface area contributed by atoms with E-state index in [0.29, 0.717) is 6.54 Å². The van der Waals surface area contributed by atoms with Gasteiger partial charge in [0.15, 0.2) is 0 Å². The molecule has 1 aromatic rings. The lowest BCUT2D eigenvalue weighted by Gasteiger charge is -2.20. The van der Waals surface area contributed by atoms with E-state index >= 15 is 0 Å². The Hall–Kier alpha value is -0.840. The molecular formula is C14H27N3O. The van der Waals surface area contributed by atoms with Crippen LogP contribution in [0, 0.1) is 6.92 Å². The highest BCUT2D eigenvalue weighted by Crippen LogP contribution is 2.15. The highest BCUT2D eigenvalue weighted by atomic mass is 16.3. The Balaban J connectivity index is 2.46. The van der Waals surface area contributed by atoms with Gasteiger partial charge < -0.3 is 15.1 Å². The summed E-state index contributed by atoms with van der Waals surface area (Å²) in [6.45, 7) is 8.88. The predicted octanol–water partition coefficient (Wildman–Crippen LogP) is 1.82. The second-order valence-corrected chi connectivity index (χ2v) is 5.02. The van der Waals surface area contributed by atoms with Crippen molar-refractivity contribution in [2.75, 3.05) is 33.7 Å². The normalized spacial score (nSPS) is 11.7. The molecule has 0 aromatic carbocycles. The monoisotopic (exact) mass is 253 g/mol. The Kier molecular flexibility index (Phi) is 6.39. The first-order valence-corrected chi connectivity index (χ1v) is 6.72. The fraction of sp³-hybridized carbons (Fsp3) is 0.714. The molecule has 1 heterocycles. The number of hydrogen-bond donors (Lipinski definition) is 1. The van der Waals surface area contributed by atoms with Crippen LogP contribution in [0.25, 0.3) is 0 Å². The van der Waals surface area contributed by atoms with E-state index in [9.17, 15) is 0 Å². The summed E-state index contributed by atoms with van der Waals surface area (Å²) in [5, 5.41) is 0. The molecule has 0 atom stereocenters. The average molecular weight is 253 g/mol. The molecule has 0 bridgehead atoms. The van der Waals surface area contributed by atoms with Gasteiger partial charge in [-0.15, -0.1) is 0 Å². The molecule has 0 amide bonds. The molecule has 0 aliphatic heterocycles. The van der Waals surface area contributed by atoms with Crippen LogP contribution < -0.4 is 5.73 Å². The van der Waals surface area contributed by atoms with E-state index in [1.807, 2.05) is 6.92 Å². The van der Waals surface area contributed by atoms with Crippen molar-refractivity contribution < 1.29 is 4.42 Å². The molecule has 0 spiro atoms. The zero-order valence-corrected chi connectivity index (χ0v) is 12.2. The topological polar surface area (TPSA) is 45.6 Å². The van der Waals surface area contributed by atoms with Crippen molar-refractivity contribution in [3.05, 3.63) is 23.2 Å². The summed E-state index contributed by atoms with van der Waals surface area (Å²) in [7, 11) is 4.22. The minimum Gasteiger partial charge on any atom is -0.465 e. The molecule has 0 radical (unpaired) electrons. The third-order valence-corrected chi connectivity index (χ3v) is 3.20. The third-order valence-electron chi connectivity index (χ3n) is 3.20. The summed E-state index contributed by atoms with van der Waals surface area (Å²) in [6.07, 6.45) is 1.18. The molecular weight excluding hydrogens is 226 g/mol. The maximum atomic E-state index is 5.73. The van der Waals surface area contributed by atoms with E-state index in [1.54, 1.807) is 0 Å². The minimum absolute atomic E-state index is 0.558. The summed E-state index contributed by atoms with van der Waals surface area (Å²) >= 11 is 0. The first-order chi connectivity index (χ1) is 8.56. The van der Waals surface area contributed by atoms with Crippen LogP contribution in [0.15, 0.2) is 10.5 Å². The van der Waals surface area contributed by atoms with Crippen molar-refractivity contribution in [3.63, 3.8) is 0 Å². The molecule has 0 aliphatic rings. The van der Waals surface area contributed by atoms with Gasteiger partial charge in [0.2, 0.25) is 0 Å². The van der Waals surface area contributed by atoms with Crippen LogP contribution in [0.3, 0.4) is 0 Å². The molecule has 0 unspecified atom stereocenters. The lowest BCUT2D eigenvalue weighted by Crippen LogP contribution is -2.26. The average Bonchev–Trinajstić information content (AvgIpc) is 2.67. The minimum atomic E-state index is 0.558. The van der Waals surface area contributed by atoms with Crippen LogP contribution >= 0.6 is 0 Å². The van der Waals surface area contributed by atoms with E-state index in [-0.39, 0.29) is 0 Å². The Morgan fingerprint density at radius 1 is 1.28 bits per heavy atom. The number of rotatable bonds is 8. The van der Waals surface area contributed by atoms with Crippen LogP contribution in [-0.2, 0) is 13.1 Å². The lowest BCUT2D eigenvalue weighted by atomic mass is 10.2. The number of nitrogens with two attached hydrogens (primary N) is 1. The lowest BCUT2D eigenvalue weighted by molar-refractivity contribution is 0.239. The van der Waals surface area contributed by atoms with E-state index in [4.69, 9.17) is 10.2 Å². The SMILES string of the molecule is CCN(CCCN(C)C)Cc1cc(CN)c(C)o1. The summed E-state index contributed by atoms with van der Waals surface area (Å²) in [4.78, 5) is 4.62. The van der Waals surface area contributed by atoms with E-state index < -0.39 is 0 Å². The second-order valence-electron chi connectivity index (χ2n) is 5.02. The summed E-state index contributed by atoms with van der Waals surface area (Å²) in [6, 6.07) is 2.09. The van der Waals surface area contributed by atoms with Gasteiger partial charge in [-0.2, -0.15) is 0 Å². The Labute approximate surface area is 111 Å². The molecule has 0 saturated heterocycles. The van der Waals surface area contributed by atoms with Gasteiger partial charge in [0.1, 0.15) is 11.5 Å². The number of furan rings is 1. The number of hydrogen-bond acceptors (Lipinski definition) is 4. The van der Waals surface area contributed by atoms with Gasteiger partial charge >= 0.3 is 0 Å². The maximum absolute atomic E-state index is 5.73. The standard InChI is InChI=1S/C14H27N3O/c1-5-17(8-6-7-16(3)4)11-14-9-13(10-15)12(2)18-14/h9H,5-8,10-11,15H2,1-4H3. The van der Waals surface area contributed by atoms with Gasteiger partial charge in [-0.3, -0.25) is 4.90 Å². The number of aryl methyl sites for hydroxylation is 1. The highest BCUT2D eigenvalue weighted by molar-refractivity contribution is 5.20. The molecule has 1 rings (SSSR count). The molecule has 1 aromatic heterocycles. The van der Waals surface area contributed by atoms with Crippen molar-refractivity contribution in [2.45, 2.75) is 33.4 Å². The molecule has 0 aliphatic carbocycles.